The first-order valence-electron chi connectivity index (χ1n) is 6.96. The number of hydrogen-bond acceptors (Lipinski definition) is 3. The lowest BCUT2D eigenvalue weighted by Crippen LogP contribution is -2.13. The fourth-order valence-corrected chi connectivity index (χ4v) is 2.36. The van der Waals surface area contributed by atoms with Crippen LogP contribution in [0.5, 0.6) is 5.75 Å². The lowest BCUT2D eigenvalue weighted by molar-refractivity contribution is 0.333. The smallest absolute Gasteiger partial charge is 0.119 e. The first-order valence-corrected chi connectivity index (χ1v) is 7.76. The number of hydrogen-bond donors (Lipinski definition) is 1. The van der Waals surface area contributed by atoms with Crippen LogP contribution >= 0.6 is 15.9 Å². The molecule has 4 heteroatoms. The average molecular weight is 349 g/mol. The van der Waals surface area contributed by atoms with E-state index in [2.05, 4.69) is 65.4 Å². The van der Waals surface area contributed by atoms with Crippen molar-refractivity contribution in [1.82, 2.24) is 0 Å². The van der Waals surface area contributed by atoms with Gasteiger partial charge in [-0.25, -0.2) is 0 Å². The number of halogens is 1. The standard InChI is InChI=1S/C17H21BrN2O/c1-13-4-7-15(12-17(13)20(2)3)19-10-11-21-16-8-5-14(18)6-9-16/h4-9,12,19H,10-11H2,1-3H3. The molecule has 0 unspecified atom stereocenters. The summed E-state index contributed by atoms with van der Waals surface area (Å²) < 4.78 is 6.75. The Balaban J connectivity index is 1.83. The topological polar surface area (TPSA) is 24.5 Å². The minimum absolute atomic E-state index is 0.632. The Morgan fingerprint density at radius 2 is 1.81 bits per heavy atom. The maximum atomic E-state index is 5.69. The predicted molar refractivity (Wildman–Crippen MR) is 93.6 cm³/mol. The maximum absolute atomic E-state index is 5.69. The third kappa shape index (κ3) is 4.67. The maximum Gasteiger partial charge on any atom is 0.119 e. The molecule has 0 radical (unpaired) electrons. The number of nitrogens with zero attached hydrogens (tertiary/aromatic N) is 1. The Bertz CT molecular complexity index is 582. The summed E-state index contributed by atoms with van der Waals surface area (Å²) in [4.78, 5) is 2.12. The lowest BCUT2D eigenvalue weighted by atomic mass is 10.1. The monoisotopic (exact) mass is 348 g/mol. The van der Waals surface area contributed by atoms with Crippen molar-refractivity contribution in [3.05, 3.63) is 52.5 Å². The van der Waals surface area contributed by atoms with Crippen LogP contribution in [-0.2, 0) is 0 Å². The van der Waals surface area contributed by atoms with Crippen LogP contribution in [0.4, 0.5) is 11.4 Å². The summed E-state index contributed by atoms with van der Waals surface area (Å²) in [5.74, 6) is 0.887. The van der Waals surface area contributed by atoms with Gasteiger partial charge in [-0.05, 0) is 48.9 Å². The van der Waals surface area contributed by atoms with E-state index in [1.807, 2.05) is 24.3 Å². The number of ether oxygens (including phenoxy) is 1. The molecule has 21 heavy (non-hydrogen) atoms. The molecule has 0 atom stereocenters. The molecular formula is C17H21BrN2O. The fraction of sp³-hybridized carbons (Fsp3) is 0.294. The van der Waals surface area contributed by atoms with E-state index in [0.717, 1.165) is 22.5 Å². The van der Waals surface area contributed by atoms with E-state index in [1.165, 1.54) is 11.3 Å². The highest BCUT2D eigenvalue weighted by Gasteiger charge is 2.02. The molecule has 0 fully saturated rings. The summed E-state index contributed by atoms with van der Waals surface area (Å²) in [6.45, 7) is 3.52. The molecule has 2 aromatic rings. The SMILES string of the molecule is Cc1ccc(NCCOc2ccc(Br)cc2)cc1N(C)C. The molecule has 0 amide bonds. The third-order valence-electron chi connectivity index (χ3n) is 3.20. The molecule has 2 rings (SSSR count). The third-order valence-corrected chi connectivity index (χ3v) is 3.73. The molecule has 0 saturated carbocycles. The molecule has 0 aromatic heterocycles. The molecule has 112 valence electrons. The van der Waals surface area contributed by atoms with Gasteiger partial charge in [0.1, 0.15) is 12.4 Å². The van der Waals surface area contributed by atoms with Crippen LogP contribution in [0.2, 0.25) is 0 Å². The van der Waals surface area contributed by atoms with Gasteiger partial charge in [0.15, 0.2) is 0 Å². The molecular weight excluding hydrogens is 328 g/mol. The van der Waals surface area contributed by atoms with Crippen molar-refractivity contribution < 1.29 is 4.74 Å². The molecule has 0 spiro atoms. The molecule has 1 N–H and O–H groups in total. The van der Waals surface area contributed by atoms with Gasteiger partial charge in [0.2, 0.25) is 0 Å². The Hall–Kier alpha value is -1.68. The van der Waals surface area contributed by atoms with Gasteiger partial charge < -0.3 is 15.0 Å². The second-order valence-electron chi connectivity index (χ2n) is 5.12. The molecule has 0 saturated heterocycles. The second-order valence-corrected chi connectivity index (χ2v) is 6.04. The Labute approximate surface area is 135 Å². The second kappa shape index (κ2) is 7.36. The Kier molecular flexibility index (Phi) is 5.51. The van der Waals surface area contributed by atoms with Gasteiger partial charge in [-0.3, -0.25) is 0 Å². The number of aryl methyl sites for hydroxylation is 1. The van der Waals surface area contributed by atoms with Crippen LogP contribution in [-0.4, -0.2) is 27.2 Å². The highest BCUT2D eigenvalue weighted by molar-refractivity contribution is 9.10. The van der Waals surface area contributed by atoms with Crippen LogP contribution in [0, 0.1) is 6.92 Å². The van der Waals surface area contributed by atoms with Crippen molar-refractivity contribution in [2.24, 2.45) is 0 Å². The fourth-order valence-electron chi connectivity index (χ4n) is 2.10. The highest BCUT2D eigenvalue weighted by Crippen LogP contribution is 2.22. The number of anilines is 2. The first-order chi connectivity index (χ1) is 10.1. The van der Waals surface area contributed by atoms with E-state index >= 15 is 0 Å². The zero-order chi connectivity index (χ0) is 15.2. The minimum atomic E-state index is 0.632. The summed E-state index contributed by atoms with van der Waals surface area (Å²) in [7, 11) is 4.12. The van der Waals surface area contributed by atoms with Crippen LogP contribution in [0.25, 0.3) is 0 Å². The molecule has 0 aliphatic rings. The molecule has 0 aliphatic heterocycles. The van der Waals surface area contributed by atoms with Gasteiger partial charge in [-0.2, -0.15) is 0 Å². The number of benzene rings is 2. The molecule has 3 nitrogen and oxygen atoms in total. The Morgan fingerprint density at radius 3 is 2.48 bits per heavy atom. The molecule has 0 aliphatic carbocycles. The zero-order valence-electron chi connectivity index (χ0n) is 12.7. The molecule has 2 aromatic carbocycles. The zero-order valence-corrected chi connectivity index (χ0v) is 14.3. The van der Waals surface area contributed by atoms with Gasteiger partial charge in [0, 0.05) is 36.5 Å². The van der Waals surface area contributed by atoms with Crippen molar-refractivity contribution in [3.8, 4) is 5.75 Å². The van der Waals surface area contributed by atoms with Gasteiger partial charge in [0.05, 0.1) is 0 Å². The minimum Gasteiger partial charge on any atom is -0.492 e. The first kappa shape index (κ1) is 15.7. The quantitative estimate of drug-likeness (QED) is 0.787. The van der Waals surface area contributed by atoms with Crippen molar-refractivity contribution >= 4 is 27.3 Å². The number of nitrogens with one attached hydrogen (secondary N) is 1. The van der Waals surface area contributed by atoms with E-state index in [0.29, 0.717) is 6.61 Å². The molecule has 0 heterocycles. The van der Waals surface area contributed by atoms with Gasteiger partial charge >= 0.3 is 0 Å². The van der Waals surface area contributed by atoms with Crippen molar-refractivity contribution in [2.45, 2.75) is 6.92 Å². The lowest BCUT2D eigenvalue weighted by Gasteiger charge is -2.17. The van der Waals surface area contributed by atoms with E-state index in [9.17, 15) is 0 Å². The van der Waals surface area contributed by atoms with Crippen molar-refractivity contribution in [1.29, 1.82) is 0 Å². The summed E-state index contributed by atoms with van der Waals surface area (Å²) in [5.41, 5.74) is 3.62. The van der Waals surface area contributed by atoms with Gasteiger partial charge in [-0.1, -0.05) is 22.0 Å². The van der Waals surface area contributed by atoms with Crippen LogP contribution in [0.15, 0.2) is 46.9 Å². The van der Waals surface area contributed by atoms with Crippen LogP contribution < -0.4 is 15.0 Å². The molecule has 0 bridgehead atoms. The van der Waals surface area contributed by atoms with Crippen molar-refractivity contribution in [3.63, 3.8) is 0 Å². The Morgan fingerprint density at radius 1 is 1.10 bits per heavy atom. The van der Waals surface area contributed by atoms with E-state index in [-0.39, 0.29) is 0 Å². The normalized spacial score (nSPS) is 10.3. The summed E-state index contributed by atoms with van der Waals surface area (Å²) in [6.07, 6.45) is 0. The summed E-state index contributed by atoms with van der Waals surface area (Å²) >= 11 is 3.41. The average Bonchev–Trinajstić information content (AvgIpc) is 2.46. The van der Waals surface area contributed by atoms with Crippen LogP contribution in [0.3, 0.4) is 0 Å². The van der Waals surface area contributed by atoms with E-state index < -0.39 is 0 Å². The van der Waals surface area contributed by atoms with Gasteiger partial charge in [0.25, 0.3) is 0 Å². The largest absolute Gasteiger partial charge is 0.492 e. The van der Waals surface area contributed by atoms with E-state index in [4.69, 9.17) is 4.74 Å². The predicted octanol–water partition coefficient (Wildman–Crippen LogP) is 4.31. The summed E-state index contributed by atoms with van der Waals surface area (Å²) in [5, 5.41) is 3.39. The highest BCUT2D eigenvalue weighted by atomic mass is 79.9. The van der Waals surface area contributed by atoms with E-state index in [1.54, 1.807) is 0 Å². The van der Waals surface area contributed by atoms with Crippen LogP contribution in [0.1, 0.15) is 5.56 Å². The number of rotatable bonds is 6. The van der Waals surface area contributed by atoms with Gasteiger partial charge in [-0.15, -0.1) is 0 Å². The summed E-state index contributed by atoms with van der Waals surface area (Å²) in [6, 6.07) is 14.3. The van der Waals surface area contributed by atoms with Crippen molar-refractivity contribution in [2.75, 3.05) is 37.5 Å².